The Morgan fingerprint density at radius 3 is 2.67 bits per heavy atom. The highest BCUT2D eigenvalue weighted by atomic mass is 15.2. The van der Waals surface area contributed by atoms with Crippen molar-refractivity contribution in [3.63, 3.8) is 0 Å². The van der Waals surface area contributed by atoms with Gasteiger partial charge in [-0.05, 0) is 26.3 Å². The van der Waals surface area contributed by atoms with Gasteiger partial charge >= 0.3 is 0 Å². The second-order valence-corrected chi connectivity index (χ2v) is 4.07. The van der Waals surface area contributed by atoms with Crippen molar-refractivity contribution in [1.29, 1.82) is 0 Å². The third-order valence-electron chi connectivity index (χ3n) is 2.89. The van der Waals surface area contributed by atoms with Gasteiger partial charge < -0.3 is 10.6 Å². The minimum Gasteiger partial charge on any atom is -0.357 e. The summed E-state index contributed by atoms with van der Waals surface area (Å²) in [6.45, 7) is 6.36. The third-order valence-corrected chi connectivity index (χ3v) is 2.89. The first kappa shape index (κ1) is 12.0. The average Bonchev–Trinajstić information content (AvgIpc) is 2.27. The van der Waals surface area contributed by atoms with Crippen LogP contribution in [0.2, 0.25) is 0 Å². The van der Waals surface area contributed by atoms with Crippen molar-refractivity contribution < 1.29 is 0 Å². The molecular formula is C12H21N3. The number of hydrogen-bond donors (Lipinski definition) is 1. The van der Waals surface area contributed by atoms with Gasteiger partial charge in [0.25, 0.3) is 0 Å². The van der Waals surface area contributed by atoms with Gasteiger partial charge in [-0.15, -0.1) is 0 Å². The molecule has 2 atom stereocenters. The van der Waals surface area contributed by atoms with E-state index in [1.54, 1.807) is 0 Å². The highest BCUT2D eigenvalue weighted by Crippen LogP contribution is 2.23. The summed E-state index contributed by atoms with van der Waals surface area (Å²) >= 11 is 0. The Morgan fingerprint density at radius 1 is 1.47 bits per heavy atom. The monoisotopic (exact) mass is 207 g/mol. The van der Waals surface area contributed by atoms with E-state index >= 15 is 0 Å². The van der Waals surface area contributed by atoms with Gasteiger partial charge in [0.2, 0.25) is 0 Å². The van der Waals surface area contributed by atoms with Crippen LogP contribution in [0.15, 0.2) is 18.3 Å². The van der Waals surface area contributed by atoms with Crippen LogP contribution in [0.1, 0.15) is 38.8 Å². The van der Waals surface area contributed by atoms with Crippen molar-refractivity contribution in [2.45, 2.75) is 39.3 Å². The molecule has 1 rings (SSSR count). The molecule has 0 aliphatic carbocycles. The topological polar surface area (TPSA) is 42.2 Å². The number of pyridine rings is 1. The van der Waals surface area contributed by atoms with Gasteiger partial charge in [-0.2, -0.15) is 0 Å². The van der Waals surface area contributed by atoms with Crippen molar-refractivity contribution >= 4 is 5.82 Å². The molecule has 0 bridgehead atoms. The number of nitrogens with two attached hydrogens (primary N) is 1. The lowest BCUT2D eigenvalue weighted by Crippen LogP contribution is -2.30. The van der Waals surface area contributed by atoms with E-state index in [2.05, 4.69) is 30.8 Å². The number of rotatable bonds is 4. The largest absolute Gasteiger partial charge is 0.357 e. The molecule has 0 spiro atoms. The Balaban J connectivity index is 3.02. The summed E-state index contributed by atoms with van der Waals surface area (Å²) in [5.74, 6) is 1.00. The van der Waals surface area contributed by atoms with Crippen LogP contribution in [0.5, 0.6) is 0 Å². The fraction of sp³-hybridized carbons (Fsp3) is 0.583. The van der Waals surface area contributed by atoms with Crippen LogP contribution in [-0.2, 0) is 0 Å². The van der Waals surface area contributed by atoms with Gasteiger partial charge in [-0.3, -0.25) is 0 Å². The average molecular weight is 207 g/mol. The first-order valence-corrected chi connectivity index (χ1v) is 5.51. The van der Waals surface area contributed by atoms with Gasteiger partial charge in [0.1, 0.15) is 5.82 Å². The fourth-order valence-electron chi connectivity index (χ4n) is 1.54. The minimum absolute atomic E-state index is 0.0280. The van der Waals surface area contributed by atoms with Crippen molar-refractivity contribution in [1.82, 2.24) is 4.98 Å². The molecule has 0 radical (unpaired) electrons. The van der Waals surface area contributed by atoms with Crippen molar-refractivity contribution in [2.24, 2.45) is 5.73 Å². The van der Waals surface area contributed by atoms with Gasteiger partial charge in [-0.25, -0.2) is 4.98 Å². The molecule has 3 heteroatoms. The first-order valence-electron chi connectivity index (χ1n) is 5.51. The molecule has 0 aliphatic heterocycles. The number of aromatic nitrogens is 1. The Labute approximate surface area is 92.3 Å². The fourth-order valence-corrected chi connectivity index (χ4v) is 1.54. The summed E-state index contributed by atoms with van der Waals surface area (Å²) < 4.78 is 0. The van der Waals surface area contributed by atoms with E-state index in [9.17, 15) is 0 Å². The van der Waals surface area contributed by atoms with E-state index in [-0.39, 0.29) is 6.04 Å². The number of nitrogens with zero attached hydrogens (tertiary/aromatic N) is 2. The molecule has 0 amide bonds. The molecule has 84 valence electrons. The molecule has 1 heterocycles. The van der Waals surface area contributed by atoms with Crippen molar-refractivity contribution in [2.75, 3.05) is 11.9 Å². The lowest BCUT2D eigenvalue weighted by Gasteiger charge is -2.27. The van der Waals surface area contributed by atoms with Crippen LogP contribution in [0.25, 0.3) is 0 Å². The highest BCUT2D eigenvalue weighted by molar-refractivity contribution is 5.48. The van der Waals surface area contributed by atoms with Crippen LogP contribution in [0.3, 0.4) is 0 Å². The molecule has 3 nitrogen and oxygen atoms in total. The molecule has 0 fully saturated rings. The lowest BCUT2D eigenvalue weighted by molar-refractivity contribution is 0.649. The molecule has 0 aromatic carbocycles. The Hall–Kier alpha value is -1.09. The second kappa shape index (κ2) is 5.12. The Bertz CT molecular complexity index is 309. The van der Waals surface area contributed by atoms with Crippen LogP contribution in [0.4, 0.5) is 5.82 Å². The number of hydrogen-bond acceptors (Lipinski definition) is 3. The molecule has 1 aromatic heterocycles. The predicted octanol–water partition coefficient (Wildman–Crippen LogP) is 2.34. The standard InChI is InChI=1S/C12H21N3/c1-5-9(2)15(4)12-11(10(3)13)7-6-8-14-12/h6-10H,5,13H2,1-4H3. The minimum atomic E-state index is 0.0280. The zero-order chi connectivity index (χ0) is 11.4. The van der Waals surface area contributed by atoms with Crippen LogP contribution in [0, 0.1) is 0 Å². The highest BCUT2D eigenvalue weighted by Gasteiger charge is 2.14. The predicted molar refractivity (Wildman–Crippen MR) is 65.0 cm³/mol. The van der Waals surface area contributed by atoms with Crippen LogP contribution < -0.4 is 10.6 Å². The zero-order valence-electron chi connectivity index (χ0n) is 10.1. The van der Waals surface area contributed by atoms with E-state index < -0.39 is 0 Å². The Kier molecular flexibility index (Phi) is 4.09. The van der Waals surface area contributed by atoms with Crippen LogP contribution in [-0.4, -0.2) is 18.1 Å². The van der Waals surface area contributed by atoms with Crippen LogP contribution >= 0.6 is 0 Å². The quantitative estimate of drug-likeness (QED) is 0.824. The summed E-state index contributed by atoms with van der Waals surface area (Å²) in [6, 6.07) is 4.50. The second-order valence-electron chi connectivity index (χ2n) is 4.07. The molecule has 2 N–H and O–H groups in total. The third kappa shape index (κ3) is 2.69. The molecule has 0 aliphatic rings. The van der Waals surface area contributed by atoms with Gasteiger partial charge in [0.15, 0.2) is 0 Å². The normalized spacial score (nSPS) is 14.7. The molecular weight excluding hydrogens is 186 g/mol. The zero-order valence-corrected chi connectivity index (χ0v) is 10.1. The lowest BCUT2D eigenvalue weighted by atomic mass is 10.1. The SMILES string of the molecule is CCC(C)N(C)c1ncccc1C(C)N. The summed E-state index contributed by atoms with van der Waals surface area (Å²) in [4.78, 5) is 6.61. The molecule has 1 aromatic rings. The van der Waals surface area contributed by atoms with E-state index in [1.807, 2.05) is 25.3 Å². The summed E-state index contributed by atoms with van der Waals surface area (Å²) in [6.07, 6.45) is 2.92. The van der Waals surface area contributed by atoms with E-state index in [0.29, 0.717) is 6.04 Å². The van der Waals surface area contributed by atoms with Crippen molar-refractivity contribution in [3.8, 4) is 0 Å². The smallest absolute Gasteiger partial charge is 0.133 e. The molecule has 2 unspecified atom stereocenters. The molecule has 0 saturated heterocycles. The van der Waals surface area contributed by atoms with E-state index in [4.69, 9.17) is 5.73 Å². The maximum absolute atomic E-state index is 5.93. The first-order chi connectivity index (χ1) is 7.07. The molecule has 15 heavy (non-hydrogen) atoms. The summed E-state index contributed by atoms with van der Waals surface area (Å²) in [7, 11) is 2.07. The van der Waals surface area contributed by atoms with Gasteiger partial charge in [0, 0.05) is 30.9 Å². The maximum atomic E-state index is 5.93. The van der Waals surface area contributed by atoms with E-state index in [0.717, 1.165) is 17.8 Å². The van der Waals surface area contributed by atoms with Crippen molar-refractivity contribution in [3.05, 3.63) is 23.9 Å². The summed E-state index contributed by atoms with van der Waals surface area (Å²) in [5, 5.41) is 0. The van der Waals surface area contributed by atoms with Gasteiger partial charge in [-0.1, -0.05) is 13.0 Å². The van der Waals surface area contributed by atoms with E-state index in [1.165, 1.54) is 0 Å². The summed E-state index contributed by atoms with van der Waals surface area (Å²) in [5.41, 5.74) is 7.04. The maximum Gasteiger partial charge on any atom is 0.133 e. The molecule has 0 saturated carbocycles. The Morgan fingerprint density at radius 2 is 2.13 bits per heavy atom. The number of anilines is 1. The van der Waals surface area contributed by atoms with Gasteiger partial charge in [0.05, 0.1) is 0 Å².